The summed E-state index contributed by atoms with van der Waals surface area (Å²) >= 11 is 0. The molecule has 0 saturated heterocycles. The van der Waals surface area contributed by atoms with Crippen molar-refractivity contribution in [1.82, 2.24) is 5.32 Å². The molecule has 1 heterocycles. The highest BCUT2D eigenvalue weighted by molar-refractivity contribution is 5.76. The second kappa shape index (κ2) is 11.2. The summed E-state index contributed by atoms with van der Waals surface area (Å²) in [6.07, 6.45) is 11.8. The first-order valence-electron chi connectivity index (χ1n) is 15.6. The van der Waals surface area contributed by atoms with Gasteiger partial charge in [0.05, 0.1) is 18.6 Å². The second-order valence-electron chi connectivity index (χ2n) is 14.1. The van der Waals surface area contributed by atoms with E-state index in [9.17, 15) is 14.4 Å². The van der Waals surface area contributed by atoms with Crippen LogP contribution < -0.4 is 5.32 Å². The molecule has 9 atom stereocenters. The number of allylic oxidation sites excluding steroid dienone is 2. The van der Waals surface area contributed by atoms with Crippen LogP contribution in [0.5, 0.6) is 0 Å². The fourth-order valence-corrected chi connectivity index (χ4v) is 9.56. The number of hydrogen-bond acceptors (Lipinski definition) is 5. The van der Waals surface area contributed by atoms with Gasteiger partial charge >= 0.3 is 11.9 Å². The first kappa shape index (κ1) is 29.2. The Bertz CT molecular complexity index is 1090. The molecule has 0 aromatic heterocycles. The summed E-state index contributed by atoms with van der Waals surface area (Å²) in [5.41, 5.74) is 3.37. The zero-order chi connectivity index (χ0) is 28.8. The fourth-order valence-electron chi connectivity index (χ4n) is 9.56. The van der Waals surface area contributed by atoms with E-state index in [0.717, 1.165) is 51.5 Å². The van der Waals surface area contributed by atoms with Crippen LogP contribution in [-0.4, -0.2) is 41.7 Å². The first-order valence-corrected chi connectivity index (χ1v) is 15.6. The van der Waals surface area contributed by atoms with E-state index in [2.05, 4.69) is 39.1 Å². The third-order valence-corrected chi connectivity index (χ3v) is 11.7. The third-order valence-electron chi connectivity index (χ3n) is 11.7. The van der Waals surface area contributed by atoms with Crippen molar-refractivity contribution in [3.63, 3.8) is 0 Å². The molecule has 2 N–H and O–H groups in total. The van der Waals surface area contributed by atoms with E-state index in [0.29, 0.717) is 35.7 Å². The number of hydrogen-bond donors (Lipinski definition) is 2. The van der Waals surface area contributed by atoms with Gasteiger partial charge in [-0.1, -0.05) is 32.4 Å². The minimum atomic E-state index is -0.963. The topological polar surface area (TPSA) is 102 Å². The molecule has 5 aliphatic rings. The van der Waals surface area contributed by atoms with Crippen LogP contribution in [-0.2, 0) is 23.9 Å². The Hall–Kier alpha value is -2.31. The van der Waals surface area contributed by atoms with Crippen molar-refractivity contribution >= 4 is 17.8 Å². The van der Waals surface area contributed by atoms with Crippen LogP contribution in [0.2, 0.25) is 0 Å². The zero-order valence-corrected chi connectivity index (χ0v) is 25.1. The molecular weight excluding hydrogens is 506 g/mol. The van der Waals surface area contributed by atoms with Crippen molar-refractivity contribution in [1.29, 1.82) is 0 Å². The SMILES string of the molecule is CC(=O)NC[C@H](C)CCC1=C(C)[C@H]2[C@H](C[C@H]3[C@@H]4CC=C5C[C@H](OC(=O)CCC(=O)O)CC[C@]5(C)[C@H]4CC[C@@]32C)O1. The molecule has 5 rings (SSSR count). The van der Waals surface area contributed by atoms with Gasteiger partial charge in [-0.15, -0.1) is 0 Å². The number of carbonyl (C=O) groups excluding carboxylic acids is 2. The standard InChI is InChI=1S/C33H49NO6/c1-19(18-34-21(3)35)6-9-27-20(2)31-28(40-27)17-26-24-8-7-22-16-23(39-30(38)11-10-29(36)37)12-14-32(22,4)25(24)13-15-33(26,31)5/h7,19,23-26,28,31H,6,8-18H2,1-5H3,(H,34,35)(H,36,37)/t19-,23-,24-,25+,26+,28+,31+,32+,33+/m1/s1. The Balaban J connectivity index is 1.24. The number of aliphatic carboxylic acids is 1. The van der Waals surface area contributed by atoms with Crippen LogP contribution in [0.15, 0.2) is 23.0 Å². The Morgan fingerprint density at radius 1 is 1.18 bits per heavy atom. The maximum absolute atomic E-state index is 12.2. The summed E-state index contributed by atoms with van der Waals surface area (Å²) in [5, 5.41) is 11.8. The van der Waals surface area contributed by atoms with Crippen molar-refractivity contribution in [2.24, 2.45) is 40.4 Å². The maximum atomic E-state index is 12.2. The predicted molar refractivity (Wildman–Crippen MR) is 152 cm³/mol. The lowest BCUT2D eigenvalue weighted by Crippen LogP contribution is -2.50. The van der Waals surface area contributed by atoms with Crippen molar-refractivity contribution in [3.05, 3.63) is 23.0 Å². The molecule has 0 aromatic rings. The molecule has 0 aromatic carbocycles. The lowest BCUT2D eigenvalue weighted by atomic mass is 9.47. The highest BCUT2D eigenvalue weighted by atomic mass is 16.5. The van der Waals surface area contributed by atoms with Gasteiger partial charge in [-0.05, 0) is 91.9 Å². The molecule has 222 valence electrons. The summed E-state index contributed by atoms with van der Waals surface area (Å²) in [5.74, 6) is 2.83. The molecule has 0 bridgehead atoms. The van der Waals surface area contributed by atoms with E-state index in [-0.39, 0.29) is 41.7 Å². The third kappa shape index (κ3) is 5.34. The predicted octanol–water partition coefficient (Wildman–Crippen LogP) is 6.18. The monoisotopic (exact) mass is 555 g/mol. The number of amides is 1. The molecule has 1 amide bonds. The first-order chi connectivity index (χ1) is 18.9. The quantitative estimate of drug-likeness (QED) is 0.260. The number of fused-ring (bicyclic) bond motifs is 7. The van der Waals surface area contributed by atoms with Crippen LogP contribution >= 0.6 is 0 Å². The van der Waals surface area contributed by atoms with Gasteiger partial charge in [0.1, 0.15) is 12.2 Å². The van der Waals surface area contributed by atoms with Gasteiger partial charge in [-0.3, -0.25) is 14.4 Å². The minimum Gasteiger partial charge on any atom is -0.494 e. The Labute approximate surface area is 239 Å². The fraction of sp³-hybridized carbons (Fsp3) is 0.788. The van der Waals surface area contributed by atoms with Crippen LogP contribution in [0.1, 0.15) is 105 Å². The summed E-state index contributed by atoms with van der Waals surface area (Å²) in [7, 11) is 0. The molecule has 0 unspecified atom stereocenters. The van der Waals surface area contributed by atoms with Gasteiger partial charge in [0.2, 0.25) is 5.91 Å². The summed E-state index contributed by atoms with van der Waals surface area (Å²) < 4.78 is 12.4. The number of ether oxygens (including phenoxy) is 2. The van der Waals surface area contributed by atoms with Gasteiger partial charge in [-0.25, -0.2) is 0 Å². The Morgan fingerprint density at radius 2 is 1.95 bits per heavy atom. The molecule has 0 spiro atoms. The normalized spacial score (nSPS) is 38.7. The number of carboxylic acid groups (broad SMARTS) is 1. The van der Waals surface area contributed by atoms with E-state index in [1.54, 1.807) is 6.92 Å². The summed E-state index contributed by atoms with van der Waals surface area (Å²) in [6.45, 7) is 11.8. The van der Waals surface area contributed by atoms with Gasteiger partial charge in [0.25, 0.3) is 0 Å². The lowest BCUT2D eigenvalue weighted by molar-refractivity contribution is -0.154. The number of carboxylic acids is 1. The number of esters is 1. The molecule has 40 heavy (non-hydrogen) atoms. The van der Waals surface area contributed by atoms with E-state index in [1.807, 2.05) is 0 Å². The number of carbonyl (C=O) groups is 3. The van der Waals surface area contributed by atoms with Gasteiger partial charge in [-0.2, -0.15) is 0 Å². The van der Waals surface area contributed by atoms with Crippen LogP contribution in [0, 0.1) is 40.4 Å². The Morgan fingerprint density at radius 3 is 2.67 bits per heavy atom. The molecule has 1 aliphatic heterocycles. The molecule has 0 radical (unpaired) electrons. The minimum absolute atomic E-state index is 0.0338. The van der Waals surface area contributed by atoms with E-state index >= 15 is 0 Å². The molecule has 7 nitrogen and oxygen atoms in total. The van der Waals surface area contributed by atoms with Crippen LogP contribution in [0.25, 0.3) is 0 Å². The van der Waals surface area contributed by atoms with Gasteiger partial charge in [0.15, 0.2) is 0 Å². The lowest BCUT2D eigenvalue weighted by Gasteiger charge is -2.58. The van der Waals surface area contributed by atoms with Gasteiger partial charge in [0, 0.05) is 32.2 Å². The molecule has 4 aliphatic carbocycles. The molecular formula is C33H49NO6. The molecule has 3 fully saturated rings. The van der Waals surface area contributed by atoms with Crippen molar-refractivity contribution in [2.75, 3.05) is 6.54 Å². The number of nitrogens with one attached hydrogen (secondary N) is 1. The van der Waals surface area contributed by atoms with Crippen LogP contribution in [0.3, 0.4) is 0 Å². The average molecular weight is 556 g/mol. The van der Waals surface area contributed by atoms with Crippen molar-refractivity contribution in [3.8, 4) is 0 Å². The van der Waals surface area contributed by atoms with E-state index in [4.69, 9.17) is 14.6 Å². The molecule has 7 heteroatoms. The Kier molecular flexibility index (Phi) is 8.15. The largest absolute Gasteiger partial charge is 0.494 e. The highest BCUT2D eigenvalue weighted by Gasteiger charge is 2.63. The van der Waals surface area contributed by atoms with E-state index < -0.39 is 5.97 Å². The smallest absolute Gasteiger partial charge is 0.306 e. The maximum Gasteiger partial charge on any atom is 0.306 e. The summed E-state index contributed by atoms with van der Waals surface area (Å²) in [6, 6.07) is 0. The van der Waals surface area contributed by atoms with Crippen molar-refractivity contribution in [2.45, 2.75) is 117 Å². The zero-order valence-electron chi connectivity index (χ0n) is 25.1. The second-order valence-corrected chi connectivity index (χ2v) is 14.1. The molecule has 3 saturated carbocycles. The van der Waals surface area contributed by atoms with Crippen LogP contribution in [0.4, 0.5) is 0 Å². The number of rotatable bonds is 9. The van der Waals surface area contributed by atoms with E-state index in [1.165, 1.54) is 29.7 Å². The van der Waals surface area contributed by atoms with Crippen molar-refractivity contribution < 1.29 is 29.0 Å². The highest BCUT2D eigenvalue weighted by Crippen LogP contribution is 2.69. The van der Waals surface area contributed by atoms with Gasteiger partial charge < -0.3 is 19.9 Å². The average Bonchev–Trinajstić information content (AvgIpc) is 3.38. The summed E-state index contributed by atoms with van der Waals surface area (Å²) in [4.78, 5) is 34.3.